The fourth-order valence-corrected chi connectivity index (χ4v) is 5.70. The molecule has 10 heteroatoms. The number of hydrogen-bond acceptors (Lipinski definition) is 6. The van der Waals surface area contributed by atoms with Crippen molar-refractivity contribution in [3.8, 4) is 0 Å². The van der Waals surface area contributed by atoms with Gasteiger partial charge in [-0.1, -0.05) is 12.2 Å². The average molecular weight is 419 g/mol. The monoisotopic (exact) mass is 419 g/mol. The standard InChI is InChI=1S/C18H17N3O5S2/c22-16(14-10-1-2-11(9-10)15(14)17(23)24)20-12-3-5-13(6-4-12)28(25,26)21-18-19-7-8-27-18/h1-8,10-11,14-15H,9H2,(H,19,21)(H,20,22)(H,23,24)/t10-,11-,14+,15-/m0/s1. The summed E-state index contributed by atoms with van der Waals surface area (Å²) < 4.78 is 27.1. The summed E-state index contributed by atoms with van der Waals surface area (Å²) in [7, 11) is -3.77. The number of carboxylic acids is 1. The Hall–Kier alpha value is -2.72. The number of benzene rings is 1. The zero-order valence-electron chi connectivity index (χ0n) is 14.5. The van der Waals surface area contributed by atoms with Crippen molar-refractivity contribution in [2.24, 2.45) is 23.7 Å². The Bertz CT molecular complexity index is 1030. The maximum absolute atomic E-state index is 12.7. The van der Waals surface area contributed by atoms with E-state index in [-0.39, 0.29) is 27.8 Å². The van der Waals surface area contributed by atoms with Crippen molar-refractivity contribution >= 4 is 44.1 Å². The predicted molar refractivity (Wildman–Crippen MR) is 103 cm³/mol. The van der Waals surface area contributed by atoms with Crippen molar-refractivity contribution in [3.63, 3.8) is 0 Å². The highest BCUT2D eigenvalue weighted by atomic mass is 32.2. The van der Waals surface area contributed by atoms with E-state index >= 15 is 0 Å². The van der Waals surface area contributed by atoms with Crippen LogP contribution in [0.25, 0.3) is 0 Å². The lowest BCUT2D eigenvalue weighted by atomic mass is 9.82. The number of thiazole rings is 1. The smallest absolute Gasteiger partial charge is 0.307 e. The summed E-state index contributed by atoms with van der Waals surface area (Å²) in [6.07, 6.45) is 5.96. The molecule has 1 fully saturated rings. The molecule has 4 rings (SSSR count). The predicted octanol–water partition coefficient (Wildman–Crippen LogP) is 2.41. The number of nitrogens with zero attached hydrogens (tertiary/aromatic N) is 1. The lowest BCUT2D eigenvalue weighted by Gasteiger charge is -2.23. The van der Waals surface area contributed by atoms with Crippen molar-refractivity contribution in [3.05, 3.63) is 48.0 Å². The van der Waals surface area contributed by atoms with Crippen LogP contribution in [-0.2, 0) is 19.6 Å². The Morgan fingerprint density at radius 2 is 1.79 bits per heavy atom. The van der Waals surface area contributed by atoms with E-state index in [2.05, 4.69) is 15.0 Å². The number of carbonyl (C=O) groups excluding carboxylic acids is 1. The van der Waals surface area contributed by atoms with Crippen molar-refractivity contribution in [2.75, 3.05) is 10.0 Å². The molecule has 0 aliphatic heterocycles. The first kappa shape index (κ1) is 18.6. The van der Waals surface area contributed by atoms with E-state index in [4.69, 9.17) is 0 Å². The molecule has 28 heavy (non-hydrogen) atoms. The molecule has 0 spiro atoms. The maximum Gasteiger partial charge on any atom is 0.307 e. The lowest BCUT2D eigenvalue weighted by Crippen LogP contribution is -2.36. The van der Waals surface area contributed by atoms with Gasteiger partial charge in [0, 0.05) is 17.3 Å². The minimum atomic E-state index is -3.77. The van der Waals surface area contributed by atoms with E-state index in [0.29, 0.717) is 12.1 Å². The van der Waals surface area contributed by atoms with E-state index in [1.165, 1.54) is 41.8 Å². The van der Waals surface area contributed by atoms with E-state index in [0.717, 1.165) is 0 Å². The zero-order valence-corrected chi connectivity index (χ0v) is 16.1. The second-order valence-electron chi connectivity index (χ2n) is 6.79. The molecule has 1 heterocycles. The molecule has 2 aromatic rings. The van der Waals surface area contributed by atoms with Crippen LogP contribution in [0.4, 0.5) is 10.8 Å². The molecule has 2 aliphatic carbocycles. The number of rotatable bonds is 6. The van der Waals surface area contributed by atoms with Gasteiger partial charge in [0.2, 0.25) is 5.91 Å². The number of allylic oxidation sites excluding steroid dienone is 2. The van der Waals surface area contributed by atoms with Crippen molar-refractivity contribution in [1.82, 2.24) is 4.98 Å². The largest absolute Gasteiger partial charge is 0.481 e. The maximum atomic E-state index is 12.7. The second kappa shape index (κ2) is 7.02. The van der Waals surface area contributed by atoms with Gasteiger partial charge in [-0.2, -0.15) is 0 Å². The van der Waals surface area contributed by atoms with Gasteiger partial charge in [0.25, 0.3) is 10.0 Å². The Balaban J connectivity index is 1.47. The first-order chi connectivity index (χ1) is 13.3. The first-order valence-corrected chi connectivity index (χ1v) is 11.0. The van der Waals surface area contributed by atoms with Gasteiger partial charge in [0.15, 0.2) is 5.13 Å². The van der Waals surface area contributed by atoms with E-state index < -0.39 is 27.8 Å². The number of fused-ring (bicyclic) bond motifs is 2. The number of sulfonamides is 1. The molecule has 146 valence electrons. The fourth-order valence-electron chi connectivity index (χ4n) is 3.91. The number of aromatic nitrogens is 1. The zero-order chi connectivity index (χ0) is 19.9. The SMILES string of the molecule is O=C(O)[C@@H]1[C@H](C(=O)Nc2ccc(S(=O)(=O)Nc3nccs3)cc2)[C@H]2C=C[C@H]1C2. The summed E-state index contributed by atoms with van der Waals surface area (Å²) in [5.41, 5.74) is 0.411. The van der Waals surface area contributed by atoms with Crippen LogP contribution in [0, 0.1) is 23.7 Å². The van der Waals surface area contributed by atoms with E-state index in [1.807, 2.05) is 12.2 Å². The molecule has 2 aliphatic rings. The van der Waals surface area contributed by atoms with Gasteiger partial charge < -0.3 is 10.4 Å². The highest BCUT2D eigenvalue weighted by Gasteiger charge is 2.51. The Labute approximate surface area is 165 Å². The normalized spacial score (nSPS) is 25.6. The second-order valence-corrected chi connectivity index (χ2v) is 9.37. The third-order valence-corrected chi connectivity index (χ3v) is 7.31. The van der Waals surface area contributed by atoms with Crippen molar-refractivity contribution < 1.29 is 23.1 Å². The molecule has 0 unspecified atom stereocenters. The summed E-state index contributed by atoms with van der Waals surface area (Å²) in [5.74, 6) is -2.86. The van der Waals surface area contributed by atoms with Crippen molar-refractivity contribution in [1.29, 1.82) is 0 Å². The number of aliphatic carboxylic acids is 1. The third kappa shape index (κ3) is 3.40. The molecule has 4 atom stereocenters. The van der Waals surface area contributed by atoms with Gasteiger partial charge in [0.05, 0.1) is 16.7 Å². The number of anilines is 2. The number of carbonyl (C=O) groups is 2. The fraction of sp³-hybridized carbons (Fsp3) is 0.278. The number of carboxylic acid groups (broad SMARTS) is 1. The third-order valence-electron chi connectivity index (χ3n) is 5.13. The summed E-state index contributed by atoms with van der Waals surface area (Å²) >= 11 is 1.17. The van der Waals surface area contributed by atoms with Crippen LogP contribution in [0.15, 0.2) is 52.9 Å². The molecule has 1 amide bonds. The van der Waals surface area contributed by atoms with Gasteiger partial charge >= 0.3 is 5.97 Å². The summed E-state index contributed by atoms with van der Waals surface area (Å²) in [5, 5.41) is 14.1. The summed E-state index contributed by atoms with van der Waals surface area (Å²) in [4.78, 5) is 28.1. The Kier molecular flexibility index (Phi) is 4.68. The minimum absolute atomic E-state index is 0.0342. The van der Waals surface area contributed by atoms with Gasteiger partial charge in [-0.3, -0.25) is 14.3 Å². The van der Waals surface area contributed by atoms with Crippen LogP contribution in [0.1, 0.15) is 6.42 Å². The highest BCUT2D eigenvalue weighted by molar-refractivity contribution is 7.93. The summed E-state index contributed by atoms with van der Waals surface area (Å²) in [6.45, 7) is 0. The van der Waals surface area contributed by atoms with Gasteiger partial charge in [-0.15, -0.1) is 11.3 Å². The molecule has 0 saturated heterocycles. The molecule has 1 aromatic heterocycles. The number of hydrogen-bond donors (Lipinski definition) is 3. The average Bonchev–Trinajstić information content (AvgIpc) is 3.38. The van der Waals surface area contributed by atoms with Crippen LogP contribution in [0.5, 0.6) is 0 Å². The van der Waals surface area contributed by atoms with E-state index in [9.17, 15) is 23.1 Å². The van der Waals surface area contributed by atoms with Crippen LogP contribution >= 0.6 is 11.3 Å². The van der Waals surface area contributed by atoms with Gasteiger partial charge in [-0.25, -0.2) is 13.4 Å². The quantitative estimate of drug-likeness (QED) is 0.618. The number of amides is 1. The van der Waals surface area contributed by atoms with E-state index in [1.54, 1.807) is 5.38 Å². The first-order valence-electron chi connectivity index (χ1n) is 8.59. The van der Waals surface area contributed by atoms with Crippen LogP contribution in [0.2, 0.25) is 0 Å². The van der Waals surface area contributed by atoms with Gasteiger partial charge in [0.1, 0.15) is 0 Å². The molecular formula is C18H17N3O5S2. The Morgan fingerprint density at radius 1 is 1.11 bits per heavy atom. The molecule has 8 nitrogen and oxygen atoms in total. The molecule has 1 aromatic carbocycles. The molecule has 1 saturated carbocycles. The van der Waals surface area contributed by atoms with Crippen molar-refractivity contribution in [2.45, 2.75) is 11.3 Å². The molecule has 0 radical (unpaired) electrons. The topological polar surface area (TPSA) is 125 Å². The Morgan fingerprint density at radius 3 is 2.39 bits per heavy atom. The van der Waals surface area contributed by atoms with Crippen LogP contribution < -0.4 is 10.0 Å². The molecule has 3 N–H and O–H groups in total. The van der Waals surface area contributed by atoms with Crippen LogP contribution in [0.3, 0.4) is 0 Å². The van der Waals surface area contributed by atoms with Gasteiger partial charge in [-0.05, 0) is 42.5 Å². The lowest BCUT2D eigenvalue weighted by molar-refractivity contribution is -0.146. The highest BCUT2D eigenvalue weighted by Crippen LogP contribution is 2.48. The molecular weight excluding hydrogens is 402 g/mol. The van der Waals surface area contributed by atoms with Crippen LogP contribution in [-0.4, -0.2) is 30.4 Å². The number of nitrogens with one attached hydrogen (secondary N) is 2. The molecule has 2 bridgehead atoms. The minimum Gasteiger partial charge on any atom is -0.481 e. The summed E-state index contributed by atoms with van der Waals surface area (Å²) in [6, 6.07) is 5.71.